The van der Waals surface area contributed by atoms with Gasteiger partial charge in [-0.3, -0.25) is 0 Å². The lowest BCUT2D eigenvalue weighted by Gasteiger charge is -2.32. The number of amides is 2. The van der Waals surface area contributed by atoms with Gasteiger partial charge in [0.2, 0.25) is 0 Å². The molecule has 11 heteroatoms. The average molecular weight is 521 g/mol. The van der Waals surface area contributed by atoms with E-state index in [2.05, 4.69) is 10.1 Å². The second-order valence-electron chi connectivity index (χ2n) is 11.3. The normalized spacial score (nSPS) is 16.4. The average Bonchev–Trinajstić information content (AvgIpc) is 3.35. The molecular weight excluding hydrogens is 489 g/mol. The van der Waals surface area contributed by atoms with Crippen molar-refractivity contribution in [3.05, 3.63) is 48.2 Å². The molecule has 2 aromatic heterocycles. The lowest BCUT2D eigenvalue weighted by Crippen LogP contribution is -2.42. The molecule has 2 amide bonds. The van der Waals surface area contributed by atoms with E-state index in [1.807, 2.05) is 58.9 Å². The number of carboxylic acid groups (broad SMARTS) is 1. The van der Waals surface area contributed by atoms with Crippen molar-refractivity contribution in [2.75, 3.05) is 4.90 Å². The van der Waals surface area contributed by atoms with Gasteiger partial charge in [-0.15, -0.1) is 0 Å². The highest BCUT2D eigenvalue weighted by Gasteiger charge is 2.52. The Morgan fingerprint density at radius 1 is 1.03 bits per heavy atom. The maximum Gasteiger partial charge on any atom is 0.496 e. The summed E-state index contributed by atoms with van der Waals surface area (Å²) >= 11 is 0. The third-order valence-corrected chi connectivity index (χ3v) is 6.52. The summed E-state index contributed by atoms with van der Waals surface area (Å²) in [5, 5.41) is 14.2. The van der Waals surface area contributed by atoms with Crippen LogP contribution in [0.15, 0.2) is 47.1 Å². The summed E-state index contributed by atoms with van der Waals surface area (Å²) in [6, 6.07) is 11.0. The maximum absolute atomic E-state index is 12.9. The monoisotopic (exact) mass is 521 g/mol. The number of ether oxygens (including phenoxy) is 1. The van der Waals surface area contributed by atoms with Gasteiger partial charge in [0.1, 0.15) is 11.3 Å². The fourth-order valence-electron chi connectivity index (χ4n) is 3.77. The van der Waals surface area contributed by atoms with Gasteiger partial charge in [0, 0.05) is 23.3 Å². The van der Waals surface area contributed by atoms with Crippen LogP contribution in [0.2, 0.25) is 0 Å². The molecule has 1 aliphatic rings. The van der Waals surface area contributed by atoms with Gasteiger partial charge in [0.15, 0.2) is 11.6 Å². The second kappa shape index (κ2) is 9.56. The number of aromatic nitrogens is 2. The van der Waals surface area contributed by atoms with Crippen molar-refractivity contribution < 1.29 is 33.3 Å². The number of aryl methyl sites for hydroxylation is 1. The molecule has 3 heterocycles. The first kappa shape index (κ1) is 27.3. The minimum absolute atomic E-state index is 0.196. The van der Waals surface area contributed by atoms with Gasteiger partial charge in [-0.2, -0.15) is 4.90 Å². The zero-order valence-corrected chi connectivity index (χ0v) is 22.9. The van der Waals surface area contributed by atoms with Crippen molar-refractivity contribution in [1.82, 2.24) is 10.1 Å². The van der Waals surface area contributed by atoms with Crippen LogP contribution in [-0.4, -0.2) is 51.4 Å². The van der Waals surface area contributed by atoms with E-state index < -0.39 is 36.1 Å². The molecule has 1 aromatic carbocycles. The standard InChI is InChI=1S/C27H32BN3O7/c1-16-9-11-17(12-10-16)20-14-21(36-30-20)19-13-18(28-37-26(5,6)27(7,8)38-28)15-29-22(19)31(23(32)33)24(34)35-25(2,3)4/h9-15H,1-8H3,(H,32,33). The number of hydrogen-bond acceptors (Lipinski definition) is 8. The number of rotatable bonds is 4. The number of benzene rings is 1. The predicted molar refractivity (Wildman–Crippen MR) is 142 cm³/mol. The van der Waals surface area contributed by atoms with Gasteiger partial charge in [-0.25, -0.2) is 14.6 Å². The fraction of sp³-hybridized carbons (Fsp3) is 0.407. The quantitative estimate of drug-likeness (QED) is 0.448. The molecule has 0 saturated carbocycles. The van der Waals surface area contributed by atoms with Crippen LogP contribution in [0.25, 0.3) is 22.6 Å². The van der Waals surface area contributed by atoms with Crippen molar-refractivity contribution in [2.24, 2.45) is 0 Å². The molecule has 0 atom stereocenters. The Hall–Kier alpha value is -3.70. The topological polar surface area (TPSA) is 124 Å². The van der Waals surface area contributed by atoms with Crippen molar-refractivity contribution >= 4 is 30.6 Å². The van der Waals surface area contributed by atoms with Crippen LogP contribution in [0.3, 0.4) is 0 Å². The molecule has 38 heavy (non-hydrogen) atoms. The van der Waals surface area contributed by atoms with Crippen LogP contribution < -0.4 is 10.4 Å². The summed E-state index contributed by atoms with van der Waals surface area (Å²) in [6.45, 7) is 14.6. The zero-order valence-electron chi connectivity index (χ0n) is 22.9. The molecule has 0 bridgehead atoms. The smallest absolute Gasteiger partial charge is 0.464 e. The molecule has 3 aromatic rings. The Bertz CT molecular complexity index is 1340. The first-order valence-electron chi connectivity index (χ1n) is 12.2. The van der Waals surface area contributed by atoms with Crippen molar-refractivity contribution in [3.8, 4) is 22.6 Å². The summed E-state index contributed by atoms with van der Waals surface area (Å²) in [5.74, 6) is 0.00914. The van der Waals surface area contributed by atoms with E-state index >= 15 is 0 Å². The molecule has 0 radical (unpaired) electrons. The van der Waals surface area contributed by atoms with Crippen LogP contribution in [0.1, 0.15) is 54.0 Å². The highest BCUT2D eigenvalue weighted by atomic mass is 16.7. The van der Waals surface area contributed by atoms with E-state index in [4.69, 9.17) is 18.6 Å². The highest BCUT2D eigenvalue weighted by Crippen LogP contribution is 2.38. The number of imide groups is 1. The van der Waals surface area contributed by atoms with Gasteiger partial charge in [-0.05, 0) is 61.5 Å². The van der Waals surface area contributed by atoms with Crippen LogP contribution in [0.4, 0.5) is 15.4 Å². The Morgan fingerprint density at radius 3 is 2.18 bits per heavy atom. The summed E-state index contributed by atoms with van der Waals surface area (Å²) in [5.41, 5.74) is 1.01. The second-order valence-corrected chi connectivity index (χ2v) is 11.3. The van der Waals surface area contributed by atoms with Crippen LogP contribution in [0.5, 0.6) is 0 Å². The molecular formula is C27H32BN3O7. The van der Waals surface area contributed by atoms with E-state index in [1.54, 1.807) is 32.9 Å². The Labute approximate surface area is 222 Å². The molecule has 4 rings (SSSR count). The molecule has 1 fully saturated rings. The third kappa shape index (κ3) is 5.44. The van der Waals surface area contributed by atoms with E-state index in [9.17, 15) is 14.7 Å². The maximum atomic E-state index is 12.9. The summed E-state index contributed by atoms with van der Waals surface area (Å²) in [6.07, 6.45) is -1.24. The Morgan fingerprint density at radius 2 is 1.63 bits per heavy atom. The highest BCUT2D eigenvalue weighted by molar-refractivity contribution is 6.62. The Balaban J connectivity index is 1.83. The zero-order chi connectivity index (χ0) is 28.0. The lowest BCUT2D eigenvalue weighted by molar-refractivity contribution is 0.00578. The van der Waals surface area contributed by atoms with Gasteiger partial charge < -0.3 is 23.7 Å². The van der Waals surface area contributed by atoms with Crippen LogP contribution >= 0.6 is 0 Å². The minimum Gasteiger partial charge on any atom is -0.464 e. The van der Waals surface area contributed by atoms with Crippen LogP contribution in [-0.2, 0) is 14.0 Å². The van der Waals surface area contributed by atoms with E-state index in [-0.39, 0.29) is 17.1 Å². The van der Waals surface area contributed by atoms with Crippen molar-refractivity contribution in [2.45, 2.75) is 72.2 Å². The molecule has 0 spiro atoms. The number of nitrogens with zero attached hydrogens (tertiary/aromatic N) is 3. The molecule has 1 N–H and O–H groups in total. The number of hydrogen-bond donors (Lipinski definition) is 1. The van der Waals surface area contributed by atoms with E-state index in [1.165, 1.54) is 6.20 Å². The summed E-state index contributed by atoms with van der Waals surface area (Å²) < 4.78 is 23.3. The van der Waals surface area contributed by atoms with Gasteiger partial charge >= 0.3 is 19.3 Å². The SMILES string of the molecule is Cc1ccc(-c2cc(-c3cc(B4OC(C)(C)C(C)(C)O4)cnc3N(C(=O)O)C(=O)OC(C)(C)C)on2)cc1. The summed E-state index contributed by atoms with van der Waals surface area (Å²) in [4.78, 5) is 30.0. The van der Waals surface area contributed by atoms with Crippen LogP contribution in [0, 0.1) is 6.92 Å². The molecule has 1 saturated heterocycles. The molecule has 0 unspecified atom stereocenters. The first-order valence-corrected chi connectivity index (χ1v) is 12.2. The van der Waals surface area contributed by atoms with Gasteiger partial charge in [-0.1, -0.05) is 35.0 Å². The largest absolute Gasteiger partial charge is 0.496 e. The number of anilines is 1. The summed E-state index contributed by atoms with van der Waals surface area (Å²) in [7, 11) is -0.778. The van der Waals surface area contributed by atoms with E-state index in [0.29, 0.717) is 16.1 Å². The lowest BCUT2D eigenvalue weighted by atomic mass is 9.79. The van der Waals surface area contributed by atoms with Crippen molar-refractivity contribution in [1.29, 1.82) is 0 Å². The molecule has 200 valence electrons. The fourth-order valence-corrected chi connectivity index (χ4v) is 3.77. The Kier molecular flexibility index (Phi) is 6.88. The first-order chi connectivity index (χ1) is 17.6. The molecule has 10 nitrogen and oxygen atoms in total. The van der Waals surface area contributed by atoms with Gasteiger partial charge in [0.25, 0.3) is 0 Å². The number of pyridine rings is 1. The van der Waals surface area contributed by atoms with Crippen molar-refractivity contribution in [3.63, 3.8) is 0 Å². The predicted octanol–water partition coefficient (Wildman–Crippen LogP) is 5.43. The molecule has 0 aliphatic carbocycles. The third-order valence-electron chi connectivity index (χ3n) is 6.52. The number of carbonyl (C=O) groups excluding carboxylic acids is 1. The number of carbonyl (C=O) groups is 2. The van der Waals surface area contributed by atoms with Gasteiger partial charge in [0.05, 0.1) is 16.8 Å². The van der Waals surface area contributed by atoms with E-state index in [0.717, 1.165) is 11.1 Å². The molecule has 1 aliphatic heterocycles. The minimum atomic E-state index is -1.56.